The largest absolute Gasteiger partial charge is 0.316 e. The Bertz CT molecular complexity index is 104. The van der Waals surface area contributed by atoms with Crippen molar-refractivity contribution in [1.29, 1.82) is 5.26 Å². The molecule has 9 heavy (non-hydrogen) atoms. The number of rotatable bonds is 3. The normalized spacial score (nSPS) is 16.2. The van der Waals surface area contributed by atoms with Crippen molar-refractivity contribution in [3.05, 3.63) is 0 Å². The standard InChI is InChI=1S/C7H14N2/c1-3-6(2)4-7(9)5-8/h6-7H,3-4,9H2,1-2H3. The van der Waals surface area contributed by atoms with E-state index < -0.39 is 0 Å². The zero-order valence-corrected chi connectivity index (χ0v) is 6.09. The highest BCUT2D eigenvalue weighted by Gasteiger charge is 2.04. The van der Waals surface area contributed by atoms with E-state index in [0.29, 0.717) is 5.92 Å². The summed E-state index contributed by atoms with van der Waals surface area (Å²) in [5, 5.41) is 8.30. The molecular weight excluding hydrogens is 112 g/mol. The summed E-state index contributed by atoms with van der Waals surface area (Å²) in [5.41, 5.74) is 5.39. The van der Waals surface area contributed by atoms with Crippen molar-refractivity contribution in [3.8, 4) is 6.07 Å². The Morgan fingerprint density at radius 3 is 2.56 bits per heavy atom. The van der Waals surface area contributed by atoms with Crippen molar-refractivity contribution in [3.63, 3.8) is 0 Å². The van der Waals surface area contributed by atoms with E-state index in [4.69, 9.17) is 11.0 Å². The second-order valence-corrected chi connectivity index (χ2v) is 2.48. The zero-order chi connectivity index (χ0) is 7.28. The van der Waals surface area contributed by atoms with Crippen molar-refractivity contribution in [2.45, 2.75) is 32.7 Å². The van der Waals surface area contributed by atoms with Gasteiger partial charge in [-0.25, -0.2) is 0 Å². The van der Waals surface area contributed by atoms with Crippen LogP contribution in [0.1, 0.15) is 26.7 Å². The number of hydrogen-bond donors (Lipinski definition) is 1. The summed E-state index contributed by atoms with van der Waals surface area (Å²) in [6.45, 7) is 4.21. The summed E-state index contributed by atoms with van der Waals surface area (Å²) in [4.78, 5) is 0. The van der Waals surface area contributed by atoms with Crippen molar-refractivity contribution >= 4 is 0 Å². The van der Waals surface area contributed by atoms with E-state index in [1.807, 2.05) is 6.07 Å². The molecule has 0 heterocycles. The van der Waals surface area contributed by atoms with Crippen LogP contribution in [0, 0.1) is 17.2 Å². The maximum atomic E-state index is 8.30. The fraction of sp³-hybridized carbons (Fsp3) is 0.857. The minimum atomic E-state index is -0.264. The topological polar surface area (TPSA) is 49.8 Å². The fourth-order valence-corrected chi connectivity index (χ4v) is 0.653. The van der Waals surface area contributed by atoms with Gasteiger partial charge in [0.15, 0.2) is 0 Å². The smallest absolute Gasteiger partial charge is 0.0930 e. The van der Waals surface area contributed by atoms with Crippen LogP contribution in [0.25, 0.3) is 0 Å². The molecule has 2 nitrogen and oxygen atoms in total. The molecule has 0 spiro atoms. The molecule has 0 bridgehead atoms. The number of nitriles is 1. The molecule has 0 radical (unpaired) electrons. The SMILES string of the molecule is CCC(C)CC(N)C#N. The predicted molar refractivity (Wildman–Crippen MR) is 37.7 cm³/mol. The first-order chi connectivity index (χ1) is 4.20. The Kier molecular flexibility index (Phi) is 4.08. The van der Waals surface area contributed by atoms with E-state index in [1.54, 1.807) is 0 Å². The van der Waals surface area contributed by atoms with Gasteiger partial charge in [0.2, 0.25) is 0 Å². The molecule has 2 heteroatoms. The third kappa shape index (κ3) is 3.99. The van der Waals surface area contributed by atoms with Gasteiger partial charge in [-0.15, -0.1) is 0 Å². The minimum absolute atomic E-state index is 0.264. The van der Waals surface area contributed by atoms with E-state index in [9.17, 15) is 0 Å². The second kappa shape index (κ2) is 4.34. The van der Waals surface area contributed by atoms with Crippen LogP contribution in [0.3, 0.4) is 0 Å². The molecule has 0 aliphatic heterocycles. The fourth-order valence-electron chi connectivity index (χ4n) is 0.653. The molecule has 2 N–H and O–H groups in total. The van der Waals surface area contributed by atoms with Crippen LogP contribution in [0.2, 0.25) is 0 Å². The third-order valence-electron chi connectivity index (χ3n) is 1.52. The first-order valence-electron chi connectivity index (χ1n) is 3.35. The Balaban J connectivity index is 3.37. The van der Waals surface area contributed by atoms with E-state index >= 15 is 0 Å². The lowest BCUT2D eigenvalue weighted by molar-refractivity contribution is 0.492. The van der Waals surface area contributed by atoms with Crippen molar-refractivity contribution in [2.24, 2.45) is 11.7 Å². The Morgan fingerprint density at radius 2 is 2.22 bits per heavy atom. The third-order valence-corrected chi connectivity index (χ3v) is 1.52. The predicted octanol–water partition coefficient (Wildman–Crippen LogP) is 1.27. The van der Waals surface area contributed by atoms with Crippen molar-refractivity contribution in [2.75, 3.05) is 0 Å². The van der Waals surface area contributed by atoms with Gasteiger partial charge in [-0.2, -0.15) is 5.26 Å². The van der Waals surface area contributed by atoms with Crippen LogP contribution in [0.4, 0.5) is 0 Å². The van der Waals surface area contributed by atoms with Gasteiger partial charge in [0.1, 0.15) is 0 Å². The van der Waals surface area contributed by atoms with Gasteiger partial charge in [-0.1, -0.05) is 20.3 Å². The Hall–Kier alpha value is -0.550. The summed E-state index contributed by atoms with van der Waals surface area (Å²) in [5.74, 6) is 0.583. The quantitative estimate of drug-likeness (QED) is 0.619. The van der Waals surface area contributed by atoms with Gasteiger partial charge in [-0.05, 0) is 12.3 Å². The maximum Gasteiger partial charge on any atom is 0.0930 e. The average Bonchev–Trinajstić information content (AvgIpc) is 1.87. The lowest BCUT2D eigenvalue weighted by Gasteiger charge is -2.07. The summed E-state index contributed by atoms with van der Waals surface area (Å²) in [6.07, 6.45) is 1.93. The van der Waals surface area contributed by atoms with Crippen LogP contribution < -0.4 is 5.73 Å². The van der Waals surface area contributed by atoms with Crippen LogP contribution in [0.5, 0.6) is 0 Å². The molecule has 0 saturated heterocycles. The highest BCUT2D eigenvalue weighted by molar-refractivity contribution is 4.86. The average molecular weight is 126 g/mol. The molecule has 0 amide bonds. The van der Waals surface area contributed by atoms with Crippen molar-refractivity contribution in [1.82, 2.24) is 0 Å². The van der Waals surface area contributed by atoms with Crippen LogP contribution in [-0.2, 0) is 0 Å². The van der Waals surface area contributed by atoms with Crippen LogP contribution in [0.15, 0.2) is 0 Å². The first-order valence-corrected chi connectivity index (χ1v) is 3.35. The molecule has 2 unspecified atom stereocenters. The maximum absolute atomic E-state index is 8.30. The molecule has 0 aromatic rings. The van der Waals surface area contributed by atoms with Crippen molar-refractivity contribution < 1.29 is 0 Å². The van der Waals surface area contributed by atoms with Gasteiger partial charge in [0.25, 0.3) is 0 Å². The summed E-state index contributed by atoms with van der Waals surface area (Å²) in [6, 6.07) is 1.74. The van der Waals surface area contributed by atoms with Gasteiger partial charge in [-0.3, -0.25) is 0 Å². The number of nitrogens with two attached hydrogens (primary N) is 1. The highest BCUT2D eigenvalue weighted by Crippen LogP contribution is 2.07. The van der Waals surface area contributed by atoms with Gasteiger partial charge >= 0.3 is 0 Å². The van der Waals surface area contributed by atoms with E-state index in [2.05, 4.69) is 13.8 Å². The molecule has 0 fully saturated rings. The summed E-state index contributed by atoms with van der Waals surface area (Å²) < 4.78 is 0. The molecule has 2 atom stereocenters. The molecular formula is C7H14N2. The van der Waals surface area contributed by atoms with Gasteiger partial charge < -0.3 is 5.73 Å². The monoisotopic (exact) mass is 126 g/mol. The van der Waals surface area contributed by atoms with E-state index in [0.717, 1.165) is 12.8 Å². The Morgan fingerprint density at radius 1 is 1.67 bits per heavy atom. The number of hydrogen-bond acceptors (Lipinski definition) is 2. The molecule has 0 aromatic carbocycles. The molecule has 0 aliphatic carbocycles. The zero-order valence-electron chi connectivity index (χ0n) is 6.09. The van der Waals surface area contributed by atoms with Gasteiger partial charge in [0.05, 0.1) is 12.1 Å². The first kappa shape index (κ1) is 8.45. The molecule has 0 rings (SSSR count). The summed E-state index contributed by atoms with van der Waals surface area (Å²) >= 11 is 0. The molecule has 0 saturated carbocycles. The van der Waals surface area contributed by atoms with Crippen LogP contribution >= 0.6 is 0 Å². The molecule has 0 aliphatic rings. The highest BCUT2D eigenvalue weighted by atomic mass is 14.6. The van der Waals surface area contributed by atoms with Crippen LogP contribution in [-0.4, -0.2) is 6.04 Å². The van der Waals surface area contributed by atoms with E-state index in [-0.39, 0.29) is 6.04 Å². The Labute approximate surface area is 56.7 Å². The molecule has 0 aromatic heterocycles. The molecule has 52 valence electrons. The van der Waals surface area contributed by atoms with Gasteiger partial charge in [0, 0.05) is 0 Å². The minimum Gasteiger partial charge on any atom is -0.316 e. The lowest BCUT2D eigenvalue weighted by atomic mass is 10.0. The lowest BCUT2D eigenvalue weighted by Crippen LogP contribution is -2.19. The van der Waals surface area contributed by atoms with E-state index in [1.165, 1.54) is 0 Å². The number of nitrogens with zero attached hydrogens (tertiary/aromatic N) is 1. The second-order valence-electron chi connectivity index (χ2n) is 2.48. The summed E-state index contributed by atoms with van der Waals surface area (Å²) in [7, 11) is 0.